The third-order valence-corrected chi connectivity index (χ3v) is 5.62. The van der Waals surface area contributed by atoms with E-state index >= 15 is 0 Å². The molecule has 1 aromatic heterocycles. The van der Waals surface area contributed by atoms with Gasteiger partial charge in [0.2, 0.25) is 11.7 Å². The van der Waals surface area contributed by atoms with Crippen molar-refractivity contribution in [3.8, 4) is 11.4 Å². The minimum Gasteiger partial charge on any atom is -0.337 e. The van der Waals surface area contributed by atoms with Gasteiger partial charge in [-0.15, -0.1) is 0 Å². The molecule has 30 heavy (non-hydrogen) atoms. The zero-order valence-corrected chi connectivity index (χ0v) is 17.4. The van der Waals surface area contributed by atoms with Crippen LogP contribution in [0.2, 0.25) is 0 Å². The van der Waals surface area contributed by atoms with Gasteiger partial charge >= 0.3 is 0 Å². The summed E-state index contributed by atoms with van der Waals surface area (Å²) in [6.07, 6.45) is 0. The Morgan fingerprint density at radius 2 is 1.83 bits per heavy atom. The molecule has 2 aliphatic rings. The minimum atomic E-state index is -0.875. The lowest BCUT2D eigenvalue weighted by atomic mass is 10.1. The number of rotatable bonds is 4. The molecule has 0 N–H and O–H groups in total. The van der Waals surface area contributed by atoms with Crippen molar-refractivity contribution in [3.63, 3.8) is 0 Å². The number of hydrogen-bond acceptors (Lipinski definition) is 8. The van der Waals surface area contributed by atoms with E-state index in [-0.39, 0.29) is 18.3 Å². The summed E-state index contributed by atoms with van der Waals surface area (Å²) >= 11 is 3.35. The zero-order valence-electron chi connectivity index (χ0n) is 15.8. The first-order chi connectivity index (χ1) is 14.5. The first-order valence-corrected chi connectivity index (χ1v) is 10.0. The van der Waals surface area contributed by atoms with Gasteiger partial charge in [-0.05, 0) is 36.8 Å². The summed E-state index contributed by atoms with van der Waals surface area (Å²) in [5, 5.41) is 13.5. The fourth-order valence-corrected chi connectivity index (χ4v) is 3.85. The SMILES string of the molecule is Cc1ccccc1-c1noc(CN2N=N[C@@H]3C(=O)N(c4ccc(Br)cc4)C(=O)[C@H]32)n1. The highest BCUT2D eigenvalue weighted by molar-refractivity contribution is 9.10. The quantitative estimate of drug-likeness (QED) is 0.546. The Hall–Kier alpha value is -3.40. The van der Waals surface area contributed by atoms with Crippen LogP contribution in [-0.4, -0.2) is 39.0 Å². The first-order valence-electron chi connectivity index (χ1n) is 9.22. The molecule has 3 aromatic rings. The molecule has 9 nitrogen and oxygen atoms in total. The Morgan fingerprint density at radius 3 is 2.60 bits per heavy atom. The number of carbonyl (C=O) groups excluding carboxylic acids is 2. The van der Waals surface area contributed by atoms with Crippen LogP contribution in [0.1, 0.15) is 11.5 Å². The van der Waals surface area contributed by atoms with Crippen molar-refractivity contribution in [3.05, 3.63) is 64.5 Å². The molecule has 2 aliphatic heterocycles. The second-order valence-corrected chi connectivity index (χ2v) is 7.92. The number of benzene rings is 2. The van der Waals surface area contributed by atoms with Crippen molar-refractivity contribution in [2.75, 3.05) is 4.90 Å². The summed E-state index contributed by atoms with van der Waals surface area (Å²) in [5.41, 5.74) is 2.38. The Labute approximate surface area is 179 Å². The van der Waals surface area contributed by atoms with Crippen molar-refractivity contribution >= 4 is 33.4 Å². The first kappa shape index (κ1) is 18.6. The average Bonchev–Trinajstić information content (AvgIpc) is 3.42. The zero-order chi connectivity index (χ0) is 20.8. The molecule has 0 bridgehead atoms. The van der Waals surface area contributed by atoms with E-state index in [1.54, 1.807) is 24.3 Å². The lowest BCUT2D eigenvalue weighted by Gasteiger charge is -2.19. The molecule has 150 valence electrons. The van der Waals surface area contributed by atoms with Crippen LogP contribution in [0.25, 0.3) is 11.4 Å². The van der Waals surface area contributed by atoms with Gasteiger partial charge < -0.3 is 4.52 Å². The third kappa shape index (κ3) is 3.00. The van der Waals surface area contributed by atoms with Crippen LogP contribution in [0.3, 0.4) is 0 Å². The largest absolute Gasteiger partial charge is 0.337 e. The topological polar surface area (TPSA) is 104 Å². The predicted molar refractivity (Wildman–Crippen MR) is 109 cm³/mol. The molecule has 1 fully saturated rings. The number of halogens is 1. The number of aromatic nitrogens is 2. The smallest absolute Gasteiger partial charge is 0.263 e. The maximum Gasteiger partial charge on any atom is 0.263 e. The highest BCUT2D eigenvalue weighted by Gasteiger charge is 2.55. The lowest BCUT2D eigenvalue weighted by Crippen LogP contribution is -2.39. The Morgan fingerprint density at radius 1 is 1.07 bits per heavy atom. The molecular formula is C20H15BrN6O3. The van der Waals surface area contributed by atoms with Gasteiger partial charge in [-0.1, -0.05) is 50.6 Å². The second-order valence-electron chi connectivity index (χ2n) is 7.01. The normalized spacial score (nSPS) is 20.3. The van der Waals surface area contributed by atoms with Gasteiger partial charge in [-0.25, -0.2) is 4.90 Å². The summed E-state index contributed by atoms with van der Waals surface area (Å²) in [6, 6.07) is 13.0. The molecule has 2 aromatic carbocycles. The van der Waals surface area contributed by atoms with E-state index in [1.807, 2.05) is 31.2 Å². The summed E-state index contributed by atoms with van der Waals surface area (Å²) < 4.78 is 6.21. The van der Waals surface area contributed by atoms with Crippen molar-refractivity contribution in [1.29, 1.82) is 0 Å². The molecular weight excluding hydrogens is 452 g/mol. The molecule has 2 atom stereocenters. The van der Waals surface area contributed by atoms with Crippen LogP contribution in [-0.2, 0) is 16.1 Å². The fourth-order valence-electron chi connectivity index (χ4n) is 3.59. The van der Waals surface area contributed by atoms with E-state index in [2.05, 4.69) is 36.4 Å². The second kappa shape index (κ2) is 7.13. The summed E-state index contributed by atoms with van der Waals surface area (Å²) in [5.74, 6) is -0.0306. The molecule has 10 heteroatoms. The molecule has 0 aliphatic carbocycles. The number of amides is 2. The maximum absolute atomic E-state index is 13.0. The van der Waals surface area contributed by atoms with E-state index in [0.29, 0.717) is 11.5 Å². The minimum absolute atomic E-state index is 0.0801. The van der Waals surface area contributed by atoms with Crippen molar-refractivity contribution in [2.45, 2.75) is 25.6 Å². The fraction of sp³-hybridized carbons (Fsp3) is 0.200. The Bertz CT molecular complexity index is 1180. The van der Waals surface area contributed by atoms with E-state index < -0.39 is 18.0 Å². The maximum atomic E-state index is 13.0. The lowest BCUT2D eigenvalue weighted by molar-refractivity contribution is -0.123. The standard InChI is InChI=1S/C20H15BrN6O3/c1-11-4-2-3-5-14(11)18-22-15(30-24-18)10-26-17-16(23-25-26)19(28)27(20(17)29)13-8-6-12(21)7-9-13/h2-9,16-17H,10H2,1H3/t16-,17-/m0/s1. The number of anilines is 1. The van der Waals surface area contributed by atoms with E-state index in [9.17, 15) is 9.59 Å². The molecule has 0 unspecified atom stereocenters. The van der Waals surface area contributed by atoms with Crippen LogP contribution in [0.5, 0.6) is 0 Å². The van der Waals surface area contributed by atoms with Gasteiger partial charge in [0.05, 0.1) is 5.69 Å². The molecule has 3 heterocycles. The Balaban J connectivity index is 1.37. The van der Waals surface area contributed by atoms with Crippen molar-refractivity contribution in [2.24, 2.45) is 10.3 Å². The van der Waals surface area contributed by atoms with Crippen molar-refractivity contribution in [1.82, 2.24) is 15.1 Å². The van der Waals surface area contributed by atoms with Crippen LogP contribution in [0.15, 0.2) is 67.9 Å². The molecule has 5 rings (SSSR count). The van der Waals surface area contributed by atoms with Crippen LogP contribution < -0.4 is 4.90 Å². The highest BCUT2D eigenvalue weighted by atomic mass is 79.9. The summed E-state index contributed by atoms with van der Waals surface area (Å²) in [4.78, 5) is 31.4. The van der Waals surface area contributed by atoms with Crippen LogP contribution in [0, 0.1) is 6.92 Å². The molecule has 0 spiro atoms. The van der Waals surface area contributed by atoms with Crippen LogP contribution >= 0.6 is 15.9 Å². The monoisotopic (exact) mass is 466 g/mol. The highest BCUT2D eigenvalue weighted by Crippen LogP contribution is 2.33. The summed E-state index contributed by atoms with van der Waals surface area (Å²) in [7, 11) is 0. The van der Waals surface area contributed by atoms with Crippen LogP contribution in [0.4, 0.5) is 5.69 Å². The van der Waals surface area contributed by atoms with Gasteiger partial charge in [-0.2, -0.15) is 10.1 Å². The van der Waals surface area contributed by atoms with E-state index in [1.165, 1.54) is 5.01 Å². The average molecular weight is 467 g/mol. The third-order valence-electron chi connectivity index (χ3n) is 5.09. The number of nitrogens with zero attached hydrogens (tertiary/aromatic N) is 6. The van der Waals surface area contributed by atoms with Crippen molar-refractivity contribution < 1.29 is 14.1 Å². The number of hydrogen-bond donors (Lipinski definition) is 0. The molecule has 0 radical (unpaired) electrons. The van der Waals surface area contributed by atoms with Gasteiger partial charge in [0.1, 0.15) is 6.54 Å². The molecule has 2 amide bonds. The molecule has 1 saturated heterocycles. The number of aryl methyl sites for hydroxylation is 1. The van der Waals surface area contributed by atoms with Gasteiger partial charge in [0.25, 0.3) is 11.8 Å². The van der Waals surface area contributed by atoms with E-state index in [4.69, 9.17) is 4.52 Å². The Kier molecular flexibility index (Phi) is 4.43. The summed E-state index contributed by atoms with van der Waals surface area (Å²) in [6.45, 7) is 2.04. The van der Waals surface area contributed by atoms with E-state index in [0.717, 1.165) is 20.5 Å². The van der Waals surface area contributed by atoms with Gasteiger partial charge in [0.15, 0.2) is 12.1 Å². The van der Waals surface area contributed by atoms with Gasteiger partial charge in [0, 0.05) is 10.0 Å². The number of imide groups is 1. The molecule has 0 saturated carbocycles. The predicted octanol–water partition coefficient (Wildman–Crippen LogP) is 3.30. The van der Waals surface area contributed by atoms with Gasteiger partial charge in [-0.3, -0.25) is 14.6 Å². The number of carbonyl (C=O) groups is 2. The number of fused-ring (bicyclic) bond motifs is 1.